The summed E-state index contributed by atoms with van der Waals surface area (Å²) in [5, 5.41) is 0. The van der Waals surface area contributed by atoms with Crippen LogP contribution >= 0.6 is 0 Å². The van der Waals surface area contributed by atoms with Gasteiger partial charge in [0.05, 0.1) is 12.4 Å². The van der Waals surface area contributed by atoms with E-state index < -0.39 is 10.1 Å². The van der Waals surface area contributed by atoms with Crippen LogP contribution in [0.1, 0.15) is 32.6 Å². The van der Waals surface area contributed by atoms with E-state index in [1.54, 1.807) is 6.92 Å². The topological polar surface area (TPSA) is 80.7 Å². The SMILES string of the molecule is CCC(=O)OCCC1(CS(=O)(=O)O)CC1. The number of rotatable bonds is 6. The summed E-state index contributed by atoms with van der Waals surface area (Å²) in [5.41, 5.74) is -0.346. The molecule has 1 rings (SSSR count). The highest BCUT2D eigenvalue weighted by Crippen LogP contribution is 2.49. The minimum absolute atomic E-state index is 0.219. The van der Waals surface area contributed by atoms with Crippen LogP contribution in [0.25, 0.3) is 0 Å². The predicted octanol–water partition coefficient (Wildman–Crippen LogP) is 0.998. The summed E-state index contributed by atoms with van der Waals surface area (Å²) >= 11 is 0. The van der Waals surface area contributed by atoms with Gasteiger partial charge < -0.3 is 4.74 Å². The van der Waals surface area contributed by atoms with Crippen LogP contribution in [-0.2, 0) is 19.6 Å². The summed E-state index contributed by atoms with van der Waals surface area (Å²) in [6.45, 7) is 1.94. The fourth-order valence-corrected chi connectivity index (χ4v) is 2.72. The van der Waals surface area contributed by atoms with Gasteiger partial charge in [0.15, 0.2) is 0 Å². The van der Waals surface area contributed by atoms with Gasteiger partial charge >= 0.3 is 5.97 Å². The van der Waals surface area contributed by atoms with Crippen LogP contribution in [0.4, 0.5) is 0 Å². The third-order valence-electron chi connectivity index (χ3n) is 2.63. The molecular weight excluding hydrogens is 220 g/mol. The largest absolute Gasteiger partial charge is 0.466 e. The van der Waals surface area contributed by atoms with E-state index in [4.69, 9.17) is 9.29 Å². The van der Waals surface area contributed by atoms with Crippen LogP contribution in [0.15, 0.2) is 0 Å². The number of esters is 1. The monoisotopic (exact) mass is 236 g/mol. The Kier molecular flexibility index (Phi) is 3.72. The van der Waals surface area contributed by atoms with E-state index in [0.29, 0.717) is 12.8 Å². The van der Waals surface area contributed by atoms with Crippen LogP contribution < -0.4 is 0 Å². The fraction of sp³-hybridized carbons (Fsp3) is 0.889. The zero-order valence-corrected chi connectivity index (χ0v) is 9.55. The molecule has 6 heteroatoms. The lowest BCUT2D eigenvalue weighted by molar-refractivity contribution is -0.143. The van der Waals surface area contributed by atoms with E-state index in [1.165, 1.54) is 0 Å². The Morgan fingerprint density at radius 3 is 2.47 bits per heavy atom. The Balaban J connectivity index is 2.29. The summed E-state index contributed by atoms with van der Waals surface area (Å²) in [7, 11) is -3.92. The molecule has 1 saturated carbocycles. The van der Waals surface area contributed by atoms with Crippen molar-refractivity contribution in [3.05, 3.63) is 0 Å². The second kappa shape index (κ2) is 4.49. The van der Waals surface area contributed by atoms with Crippen molar-refractivity contribution in [2.45, 2.75) is 32.6 Å². The van der Waals surface area contributed by atoms with Gasteiger partial charge in [0.2, 0.25) is 0 Å². The summed E-state index contributed by atoms with van der Waals surface area (Å²) < 4.78 is 35.0. The Bertz CT molecular complexity index is 328. The summed E-state index contributed by atoms with van der Waals surface area (Å²) in [6.07, 6.45) is 2.39. The van der Waals surface area contributed by atoms with Gasteiger partial charge in [-0.3, -0.25) is 9.35 Å². The first-order valence-corrected chi connectivity index (χ1v) is 6.59. The van der Waals surface area contributed by atoms with Gasteiger partial charge in [-0.05, 0) is 24.7 Å². The van der Waals surface area contributed by atoms with E-state index in [9.17, 15) is 13.2 Å². The molecule has 0 aromatic carbocycles. The molecule has 0 aliphatic heterocycles. The molecule has 0 bridgehead atoms. The summed E-state index contributed by atoms with van der Waals surface area (Å²) in [4.78, 5) is 10.8. The molecule has 1 fully saturated rings. The van der Waals surface area contributed by atoms with Crippen molar-refractivity contribution in [2.75, 3.05) is 12.4 Å². The Morgan fingerprint density at radius 1 is 1.47 bits per heavy atom. The molecule has 0 atom stereocenters. The van der Waals surface area contributed by atoms with Gasteiger partial charge in [-0.1, -0.05) is 6.92 Å². The molecule has 0 spiro atoms. The van der Waals surface area contributed by atoms with Crippen LogP contribution in [0.3, 0.4) is 0 Å². The van der Waals surface area contributed by atoms with Crippen molar-refractivity contribution in [3.63, 3.8) is 0 Å². The molecule has 5 nitrogen and oxygen atoms in total. The fourth-order valence-electron chi connectivity index (χ4n) is 1.51. The number of carbonyl (C=O) groups excluding carboxylic acids is 1. The first kappa shape index (κ1) is 12.4. The van der Waals surface area contributed by atoms with Gasteiger partial charge in [0.1, 0.15) is 0 Å². The molecule has 88 valence electrons. The molecule has 0 radical (unpaired) electrons. The molecule has 0 aromatic rings. The number of hydrogen-bond donors (Lipinski definition) is 1. The Hall–Kier alpha value is -0.620. The maximum absolute atomic E-state index is 10.8. The predicted molar refractivity (Wildman–Crippen MR) is 53.9 cm³/mol. The van der Waals surface area contributed by atoms with E-state index in [-0.39, 0.29) is 23.7 Å². The van der Waals surface area contributed by atoms with Gasteiger partial charge in [-0.15, -0.1) is 0 Å². The van der Waals surface area contributed by atoms with Gasteiger partial charge in [-0.2, -0.15) is 8.42 Å². The highest BCUT2D eigenvalue weighted by molar-refractivity contribution is 7.85. The van der Waals surface area contributed by atoms with E-state index in [0.717, 1.165) is 12.8 Å². The second-order valence-corrected chi connectivity index (χ2v) is 5.50. The summed E-state index contributed by atoms with van der Waals surface area (Å²) in [6, 6.07) is 0. The van der Waals surface area contributed by atoms with Crippen LogP contribution in [0.5, 0.6) is 0 Å². The minimum Gasteiger partial charge on any atom is -0.466 e. The molecule has 0 heterocycles. The lowest BCUT2D eigenvalue weighted by Gasteiger charge is -2.12. The molecule has 1 aliphatic carbocycles. The van der Waals surface area contributed by atoms with E-state index >= 15 is 0 Å². The van der Waals surface area contributed by atoms with Gasteiger partial charge in [-0.25, -0.2) is 0 Å². The van der Waals surface area contributed by atoms with Crippen molar-refractivity contribution < 1.29 is 22.5 Å². The number of hydrogen-bond acceptors (Lipinski definition) is 4. The maximum Gasteiger partial charge on any atom is 0.305 e. The molecule has 15 heavy (non-hydrogen) atoms. The maximum atomic E-state index is 10.8. The van der Waals surface area contributed by atoms with Gasteiger partial charge in [0.25, 0.3) is 10.1 Å². The quantitative estimate of drug-likeness (QED) is 0.549. The van der Waals surface area contributed by atoms with Crippen molar-refractivity contribution in [1.29, 1.82) is 0 Å². The zero-order chi connectivity index (χ0) is 11.5. The molecule has 0 unspecified atom stereocenters. The highest BCUT2D eigenvalue weighted by atomic mass is 32.2. The standard InChI is InChI=1S/C9H16O5S/c1-2-8(10)14-6-5-9(3-4-9)7-15(11,12)13/h2-7H2,1H3,(H,11,12,13). The minimum atomic E-state index is -3.92. The molecule has 0 saturated heterocycles. The third kappa shape index (κ3) is 4.61. The molecule has 1 N–H and O–H groups in total. The Morgan fingerprint density at radius 2 is 2.07 bits per heavy atom. The average molecular weight is 236 g/mol. The highest BCUT2D eigenvalue weighted by Gasteiger charge is 2.45. The van der Waals surface area contributed by atoms with Crippen LogP contribution in [0.2, 0.25) is 0 Å². The first-order chi connectivity index (χ1) is 6.87. The zero-order valence-electron chi connectivity index (χ0n) is 8.73. The van der Waals surface area contributed by atoms with E-state index in [2.05, 4.69) is 0 Å². The first-order valence-electron chi connectivity index (χ1n) is 4.98. The third-order valence-corrected chi connectivity index (χ3v) is 3.61. The normalized spacial score (nSPS) is 18.5. The van der Waals surface area contributed by atoms with E-state index in [1.807, 2.05) is 0 Å². The summed E-state index contributed by atoms with van der Waals surface area (Å²) in [5.74, 6) is -0.499. The van der Waals surface area contributed by atoms with Crippen molar-refractivity contribution in [3.8, 4) is 0 Å². The number of carbonyl (C=O) groups is 1. The average Bonchev–Trinajstić information content (AvgIpc) is 2.81. The molecule has 0 aromatic heterocycles. The molecule has 1 aliphatic rings. The smallest absolute Gasteiger partial charge is 0.305 e. The van der Waals surface area contributed by atoms with Gasteiger partial charge in [0, 0.05) is 6.42 Å². The molecule has 0 amide bonds. The number of ether oxygens (including phenoxy) is 1. The second-order valence-electron chi connectivity index (χ2n) is 4.05. The lowest BCUT2D eigenvalue weighted by atomic mass is 10.1. The molecular formula is C9H16O5S. The van der Waals surface area contributed by atoms with Crippen LogP contribution in [0, 0.1) is 5.41 Å². The van der Waals surface area contributed by atoms with Crippen molar-refractivity contribution in [1.82, 2.24) is 0 Å². The Labute approximate surface area is 89.6 Å². The van der Waals surface area contributed by atoms with Crippen LogP contribution in [-0.4, -0.2) is 31.3 Å². The lowest BCUT2D eigenvalue weighted by Crippen LogP contribution is -2.19. The van der Waals surface area contributed by atoms with Crippen molar-refractivity contribution in [2.24, 2.45) is 5.41 Å². The van der Waals surface area contributed by atoms with Crippen molar-refractivity contribution >= 4 is 16.1 Å².